The SMILES string of the molecule is CCOC(=O)c1nnnn1Cc1c(Br)c(CC)nn1CC. The Morgan fingerprint density at radius 1 is 1.29 bits per heavy atom. The number of rotatable bonds is 6. The standard InChI is InChI=1S/C12H17BrN6O2/c1-4-8-10(13)9(18(5-2)15-8)7-19-11(14-16-17-19)12(20)21-6-3/h4-7H2,1-3H3. The van der Waals surface area contributed by atoms with Gasteiger partial charge in [0.2, 0.25) is 0 Å². The summed E-state index contributed by atoms with van der Waals surface area (Å²) >= 11 is 3.56. The van der Waals surface area contributed by atoms with Crippen LogP contribution in [-0.4, -0.2) is 42.6 Å². The molecule has 0 bridgehead atoms. The van der Waals surface area contributed by atoms with Crippen LogP contribution in [0.4, 0.5) is 0 Å². The van der Waals surface area contributed by atoms with Gasteiger partial charge in [-0.2, -0.15) is 5.10 Å². The number of carbonyl (C=O) groups is 1. The zero-order valence-electron chi connectivity index (χ0n) is 12.2. The van der Waals surface area contributed by atoms with E-state index < -0.39 is 5.97 Å². The number of halogens is 1. The van der Waals surface area contributed by atoms with Crippen molar-refractivity contribution < 1.29 is 9.53 Å². The first kappa shape index (κ1) is 15.6. The zero-order valence-corrected chi connectivity index (χ0v) is 13.8. The highest BCUT2D eigenvalue weighted by Gasteiger charge is 2.20. The Kier molecular flexibility index (Phi) is 5.05. The molecule has 0 aliphatic heterocycles. The molecular formula is C12H17BrN6O2. The maximum atomic E-state index is 11.8. The van der Waals surface area contributed by atoms with E-state index in [1.165, 1.54) is 4.68 Å². The Bertz CT molecular complexity index is 636. The van der Waals surface area contributed by atoms with Crippen LogP contribution >= 0.6 is 15.9 Å². The molecule has 0 saturated carbocycles. The van der Waals surface area contributed by atoms with Gasteiger partial charge in [-0.05, 0) is 46.6 Å². The molecule has 9 heteroatoms. The molecule has 0 aromatic carbocycles. The van der Waals surface area contributed by atoms with Gasteiger partial charge in [-0.1, -0.05) is 6.92 Å². The molecule has 0 aliphatic rings. The number of tetrazole rings is 1. The predicted octanol–water partition coefficient (Wildman–Crippen LogP) is 1.44. The van der Waals surface area contributed by atoms with Gasteiger partial charge >= 0.3 is 5.97 Å². The highest BCUT2D eigenvalue weighted by Crippen LogP contribution is 2.23. The largest absolute Gasteiger partial charge is 0.460 e. The van der Waals surface area contributed by atoms with E-state index in [2.05, 4.69) is 36.6 Å². The average molecular weight is 357 g/mol. The van der Waals surface area contributed by atoms with Crippen molar-refractivity contribution in [3.05, 3.63) is 21.7 Å². The van der Waals surface area contributed by atoms with E-state index in [1.54, 1.807) is 6.92 Å². The van der Waals surface area contributed by atoms with Gasteiger partial charge < -0.3 is 4.74 Å². The predicted molar refractivity (Wildman–Crippen MR) is 77.9 cm³/mol. The van der Waals surface area contributed by atoms with E-state index >= 15 is 0 Å². The van der Waals surface area contributed by atoms with Gasteiger partial charge in [-0.15, -0.1) is 5.10 Å². The Hall–Kier alpha value is -1.77. The van der Waals surface area contributed by atoms with Gasteiger partial charge in [0.1, 0.15) is 0 Å². The van der Waals surface area contributed by atoms with E-state index in [1.807, 2.05) is 18.5 Å². The van der Waals surface area contributed by atoms with Crippen LogP contribution in [0.25, 0.3) is 0 Å². The lowest BCUT2D eigenvalue weighted by molar-refractivity contribution is 0.0505. The van der Waals surface area contributed by atoms with Crippen LogP contribution in [0, 0.1) is 0 Å². The van der Waals surface area contributed by atoms with Crippen molar-refractivity contribution in [3.63, 3.8) is 0 Å². The second-order valence-electron chi connectivity index (χ2n) is 4.26. The number of aryl methyl sites for hydroxylation is 2. The molecule has 2 aromatic heterocycles. The third-order valence-electron chi connectivity index (χ3n) is 2.98. The molecule has 0 atom stereocenters. The Balaban J connectivity index is 2.33. The Morgan fingerprint density at radius 2 is 2.05 bits per heavy atom. The van der Waals surface area contributed by atoms with Crippen LogP contribution < -0.4 is 0 Å². The lowest BCUT2D eigenvalue weighted by atomic mass is 10.3. The van der Waals surface area contributed by atoms with Crippen molar-refractivity contribution in [3.8, 4) is 0 Å². The number of hydrogen-bond acceptors (Lipinski definition) is 6. The zero-order chi connectivity index (χ0) is 15.4. The second-order valence-corrected chi connectivity index (χ2v) is 5.05. The first-order valence-electron chi connectivity index (χ1n) is 6.79. The molecule has 0 amide bonds. The fourth-order valence-electron chi connectivity index (χ4n) is 1.96. The monoisotopic (exact) mass is 356 g/mol. The van der Waals surface area contributed by atoms with Crippen LogP contribution in [0.15, 0.2) is 4.47 Å². The lowest BCUT2D eigenvalue weighted by Gasteiger charge is -2.07. The van der Waals surface area contributed by atoms with Crippen LogP contribution in [0.3, 0.4) is 0 Å². The van der Waals surface area contributed by atoms with E-state index in [-0.39, 0.29) is 12.4 Å². The summed E-state index contributed by atoms with van der Waals surface area (Å²) in [5.41, 5.74) is 1.89. The molecule has 114 valence electrons. The molecule has 0 aliphatic carbocycles. The van der Waals surface area contributed by atoms with Gasteiger partial charge in [-0.25, -0.2) is 9.48 Å². The molecule has 2 aromatic rings. The van der Waals surface area contributed by atoms with Crippen molar-refractivity contribution in [1.29, 1.82) is 0 Å². The number of hydrogen-bond donors (Lipinski definition) is 0. The summed E-state index contributed by atoms with van der Waals surface area (Å²) in [4.78, 5) is 11.8. The van der Waals surface area contributed by atoms with Crippen LogP contribution in [0.2, 0.25) is 0 Å². The van der Waals surface area contributed by atoms with E-state index in [0.717, 1.165) is 28.8 Å². The highest BCUT2D eigenvalue weighted by atomic mass is 79.9. The van der Waals surface area contributed by atoms with Crippen molar-refractivity contribution in [2.75, 3.05) is 6.61 Å². The molecule has 2 heterocycles. The minimum absolute atomic E-state index is 0.0886. The summed E-state index contributed by atoms with van der Waals surface area (Å²) in [5.74, 6) is -0.442. The number of ether oxygens (including phenoxy) is 1. The fourth-order valence-corrected chi connectivity index (χ4v) is 2.65. The van der Waals surface area contributed by atoms with Crippen molar-refractivity contribution >= 4 is 21.9 Å². The molecule has 0 saturated heterocycles. The number of nitrogens with zero attached hydrogens (tertiary/aromatic N) is 6. The van der Waals surface area contributed by atoms with E-state index in [0.29, 0.717) is 6.54 Å². The molecule has 0 N–H and O–H groups in total. The Labute approximate surface area is 130 Å². The van der Waals surface area contributed by atoms with Gasteiger partial charge in [0, 0.05) is 6.54 Å². The van der Waals surface area contributed by atoms with Crippen molar-refractivity contribution in [2.45, 2.75) is 40.3 Å². The minimum atomic E-state index is -0.531. The van der Waals surface area contributed by atoms with Crippen LogP contribution in [0.1, 0.15) is 42.8 Å². The summed E-state index contributed by atoms with van der Waals surface area (Å²) in [6.07, 6.45) is 0.820. The summed E-state index contributed by atoms with van der Waals surface area (Å²) in [5, 5.41) is 15.6. The average Bonchev–Trinajstić information content (AvgIpc) is 3.05. The van der Waals surface area contributed by atoms with E-state index in [4.69, 9.17) is 4.74 Å². The molecule has 0 fully saturated rings. The quantitative estimate of drug-likeness (QED) is 0.727. The summed E-state index contributed by atoms with van der Waals surface area (Å²) in [7, 11) is 0. The maximum absolute atomic E-state index is 11.8. The first-order valence-corrected chi connectivity index (χ1v) is 7.58. The summed E-state index contributed by atoms with van der Waals surface area (Å²) in [6, 6.07) is 0. The Morgan fingerprint density at radius 3 is 2.67 bits per heavy atom. The molecule has 2 rings (SSSR count). The molecule has 8 nitrogen and oxygen atoms in total. The second kappa shape index (κ2) is 6.79. The minimum Gasteiger partial charge on any atom is -0.460 e. The lowest BCUT2D eigenvalue weighted by Crippen LogP contribution is -2.17. The number of carbonyl (C=O) groups excluding carboxylic acids is 1. The van der Waals surface area contributed by atoms with E-state index in [9.17, 15) is 4.79 Å². The first-order chi connectivity index (χ1) is 10.1. The normalized spacial score (nSPS) is 10.9. The topological polar surface area (TPSA) is 87.7 Å². The van der Waals surface area contributed by atoms with Crippen LogP contribution in [0.5, 0.6) is 0 Å². The molecule has 0 radical (unpaired) electrons. The van der Waals surface area contributed by atoms with Gasteiger partial charge in [-0.3, -0.25) is 4.68 Å². The third-order valence-corrected chi connectivity index (χ3v) is 3.90. The van der Waals surface area contributed by atoms with Gasteiger partial charge in [0.15, 0.2) is 0 Å². The van der Waals surface area contributed by atoms with Gasteiger partial charge in [0.25, 0.3) is 5.82 Å². The molecule has 0 unspecified atom stereocenters. The number of aromatic nitrogens is 6. The van der Waals surface area contributed by atoms with Crippen molar-refractivity contribution in [1.82, 2.24) is 30.0 Å². The van der Waals surface area contributed by atoms with Crippen LogP contribution in [-0.2, 0) is 24.2 Å². The number of esters is 1. The molecule has 0 spiro atoms. The molecular weight excluding hydrogens is 340 g/mol. The smallest absolute Gasteiger partial charge is 0.378 e. The van der Waals surface area contributed by atoms with Crippen molar-refractivity contribution in [2.24, 2.45) is 0 Å². The summed E-state index contributed by atoms with van der Waals surface area (Å²) < 4.78 is 9.17. The van der Waals surface area contributed by atoms with Gasteiger partial charge in [0.05, 0.1) is 29.0 Å². The summed E-state index contributed by atoms with van der Waals surface area (Å²) in [6.45, 7) is 7.14. The molecule has 21 heavy (non-hydrogen) atoms. The highest BCUT2D eigenvalue weighted by molar-refractivity contribution is 9.10. The fraction of sp³-hybridized carbons (Fsp3) is 0.583. The third kappa shape index (κ3) is 3.12. The maximum Gasteiger partial charge on any atom is 0.378 e.